The molecule has 0 aromatic heterocycles. The van der Waals surface area contributed by atoms with E-state index >= 15 is 0 Å². The van der Waals surface area contributed by atoms with Crippen LogP contribution in [0.25, 0.3) is 0 Å². The van der Waals surface area contributed by atoms with Crippen LogP contribution in [0.3, 0.4) is 0 Å². The van der Waals surface area contributed by atoms with E-state index in [2.05, 4.69) is 57.1 Å². The molecular formula is C23H52O9Si5. The second kappa shape index (κ2) is 14.6. The summed E-state index contributed by atoms with van der Waals surface area (Å²) in [5, 5.41) is 0. The quantitative estimate of drug-likeness (QED) is 0.0779. The Balaban J connectivity index is 2.49. The molecule has 1 aliphatic rings. The predicted molar refractivity (Wildman–Crippen MR) is 157 cm³/mol. The van der Waals surface area contributed by atoms with Gasteiger partial charge in [0.05, 0.1) is 12.3 Å². The van der Waals surface area contributed by atoms with E-state index in [-0.39, 0.29) is 18.3 Å². The van der Waals surface area contributed by atoms with Gasteiger partial charge in [0.1, 0.15) is 0 Å². The van der Waals surface area contributed by atoms with Crippen molar-refractivity contribution < 1.29 is 39.9 Å². The van der Waals surface area contributed by atoms with Crippen LogP contribution in [-0.4, -0.2) is 75.8 Å². The first-order valence-electron chi connectivity index (χ1n) is 13.4. The summed E-state index contributed by atoms with van der Waals surface area (Å²) < 4.78 is 41.3. The Morgan fingerprint density at radius 1 is 0.676 bits per heavy atom. The van der Waals surface area contributed by atoms with Crippen molar-refractivity contribution in [3.8, 4) is 0 Å². The highest BCUT2D eigenvalue weighted by Crippen LogP contribution is 2.30. The van der Waals surface area contributed by atoms with Crippen LogP contribution in [0.4, 0.5) is 0 Å². The van der Waals surface area contributed by atoms with Gasteiger partial charge >= 0.3 is 37.9 Å². The van der Waals surface area contributed by atoms with E-state index in [1.165, 1.54) is 0 Å². The van der Waals surface area contributed by atoms with Gasteiger partial charge in [-0.1, -0.05) is 19.3 Å². The summed E-state index contributed by atoms with van der Waals surface area (Å²) in [6, 6.07) is 2.80. The predicted octanol–water partition coefficient (Wildman–Crippen LogP) is 5.77. The highest BCUT2D eigenvalue weighted by atomic mass is 28.5. The number of carbonyl (C=O) groups is 2. The average Bonchev–Trinajstić information content (AvgIpc) is 3.05. The monoisotopic (exact) mass is 612 g/mol. The fraction of sp³-hybridized carbons (Fsp3) is 0.913. The summed E-state index contributed by atoms with van der Waals surface area (Å²) in [6.45, 7) is 17.4. The number of unbranched alkanes of at least 4 members (excludes halogenated alkanes) is 2. The lowest BCUT2D eigenvalue weighted by Gasteiger charge is -2.41. The third-order valence-electron chi connectivity index (χ3n) is 6.52. The fourth-order valence-electron chi connectivity index (χ4n) is 5.21. The second-order valence-electron chi connectivity index (χ2n) is 12.1. The van der Waals surface area contributed by atoms with Gasteiger partial charge in [0.25, 0.3) is 0 Å². The molecular weight excluding hydrogens is 561 g/mol. The molecule has 218 valence electrons. The molecule has 1 heterocycles. The van der Waals surface area contributed by atoms with E-state index in [0.29, 0.717) is 6.42 Å². The molecule has 1 rings (SSSR count). The second-order valence-corrected chi connectivity index (χ2v) is 31.2. The largest absolute Gasteiger partial charge is 0.500 e. The summed E-state index contributed by atoms with van der Waals surface area (Å²) in [6.07, 6.45) is 4.91. The Morgan fingerprint density at radius 3 is 1.57 bits per heavy atom. The molecule has 1 saturated heterocycles. The molecule has 0 spiro atoms. The fourth-order valence-corrected chi connectivity index (χ4v) is 26.4. The van der Waals surface area contributed by atoms with Gasteiger partial charge in [-0.15, -0.1) is 0 Å². The van der Waals surface area contributed by atoms with Crippen LogP contribution in [0.5, 0.6) is 0 Å². The van der Waals surface area contributed by atoms with Gasteiger partial charge < -0.3 is 30.4 Å². The van der Waals surface area contributed by atoms with Gasteiger partial charge in [-0.25, -0.2) is 0 Å². The Hall–Kier alpha value is -0.0156. The van der Waals surface area contributed by atoms with Crippen molar-refractivity contribution in [1.82, 2.24) is 0 Å². The molecule has 1 aliphatic heterocycles. The Labute approximate surface area is 230 Å². The minimum atomic E-state index is -2.49. The normalized spacial score (nSPS) is 18.0. The zero-order valence-corrected chi connectivity index (χ0v) is 30.1. The standard InChI is InChI=1S/C23H52O9Si5/c1-26-37(27-2,28-3)19-14-12-13-17-33(4,5)30-35(8,9)32-36(10,11)31-34(6,7)18-15-16-21-20-22(24)29-23(21)25/h21H,12-20H2,1-11H3. The number of rotatable bonds is 19. The molecule has 0 amide bonds. The van der Waals surface area contributed by atoms with Crippen molar-refractivity contribution in [3.63, 3.8) is 0 Å². The van der Waals surface area contributed by atoms with E-state index in [1.807, 2.05) is 0 Å². The highest BCUT2D eigenvalue weighted by molar-refractivity contribution is 6.89. The molecule has 0 aromatic rings. The zero-order valence-electron chi connectivity index (χ0n) is 25.1. The molecule has 0 aromatic carbocycles. The molecule has 0 bridgehead atoms. The number of esters is 2. The molecule has 0 N–H and O–H groups in total. The van der Waals surface area contributed by atoms with E-state index in [1.54, 1.807) is 21.3 Å². The van der Waals surface area contributed by atoms with Crippen molar-refractivity contribution >= 4 is 54.5 Å². The Bertz CT molecular complexity index is 734. The van der Waals surface area contributed by atoms with E-state index in [9.17, 15) is 9.59 Å². The van der Waals surface area contributed by atoms with Crippen LogP contribution in [0.15, 0.2) is 0 Å². The first-order chi connectivity index (χ1) is 16.9. The first-order valence-corrected chi connectivity index (χ1v) is 27.2. The van der Waals surface area contributed by atoms with E-state index in [4.69, 9.17) is 25.6 Å². The van der Waals surface area contributed by atoms with Gasteiger partial charge in [-0.2, -0.15) is 0 Å². The topological polar surface area (TPSA) is 98.8 Å². The van der Waals surface area contributed by atoms with E-state index in [0.717, 1.165) is 43.8 Å². The minimum absolute atomic E-state index is 0.206. The maximum absolute atomic E-state index is 11.7. The molecule has 0 aliphatic carbocycles. The van der Waals surface area contributed by atoms with Crippen LogP contribution in [0, 0.1) is 5.92 Å². The summed E-state index contributed by atoms with van der Waals surface area (Å²) >= 11 is 0. The Kier molecular flexibility index (Phi) is 13.8. The van der Waals surface area contributed by atoms with Crippen molar-refractivity contribution in [2.45, 2.75) is 109 Å². The number of hydrogen-bond donors (Lipinski definition) is 0. The molecule has 37 heavy (non-hydrogen) atoms. The number of cyclic esters (lactones) is 2. The number of hydrogen-bond acceptors (Lipinski definition) is 9. The van der Waals surface area contributed by atoms with Crippen LogP contribution in [-0.2, 0) is 39.9 Å². The SMILES string of the molecule is CO[Si](CCCCC[Si](C)(C)O[Si](C)(C)O[Si](C)(C)O[Si](C)(C)CCCC1CC(=O)OC1=O)(OC)OC. The summed E-state index contributed by atoms with van der Waals surface area (Å²) in [5.41, 5.74) is 0. The van der Waals surface area contributed by atoms with Crippen molar-refractivity contribution in [2.75, 3.05) is 21.3 Å². The number of carbonyl (C=O) groups excluding carboxylic acids is 2. The molecule has 0 saturated carbocycles. The third-order valence-corrected chi connectivity index (χ3v) is 24.8. The lowest BCUT2D eigenvalue weighted by molar-refractivity contribution is -0.153. The lowest BCUT2D eigenvalue weighted by atomic mass is 10.0. The Morgan fingerprint density at radius 2 is 1.14 bits per heavy atom. The first kappa shape index (κ1) is 35.0. The lowest BCUT2D eigenvalue weighted by Crippen LogP contribution is -2.56. The molecule has 1 unspecified atom stereocenters. The smallest absolute Gasteiger partial charge is 0.436 e. The van der Waals surface area contributed by atoms with Crippen molar-refractivity contribution in [3.05, 3.63) is 0 Å². The zero-order chi connectivity index (χ0) is 28.5. The van der Waals surface area contributed by atoms with Gasteiger partial charge in [0, 0.05) is 27.4 Å². The summed E-state index contributed by atoms with van der Waals surface area (Å²) in [4.78, 5) is 23.0. The molecule has 0 radical (unpaired) electrons. The highest BCUT2D eigenvalue weighted by Gasteiger charge is 2.43. The van der Waals surface area contributed by atoms with Crippen LogP contribution < -0.4 is 0 Å². The van der Waals surface area contributed by atoms with E-state index < -0.39 is 48.5 Å². The molecule has 14 heteroatoms. The van der Waals surface area contributed by atoms with Gasteiger partial charge in [0.2, 0.25) is 0 Å². The van der Waals surface area contributed by atoms with Crippen LogP contribution in [0.2, 0.25) is 70.5 Å². The van der Waals surface area contributed by atoms with Crippen LogP contribution >= 0.6 is 0 Å². The summed E-state index contributed by atoms with van der Waals surface area (Å²) in [7, 11) is -6.25. The number of ether oxygens (including phenoxy) is 1. The third kappa shape index (κ3) is 13.3. The van der Waals surface area contributed by atoms with Gasteiger partial charge in [-0.3, -0.25) is 9.59 Å². The molecule has 1 atom stereocenters. The molecule has 9 nitrogen and oxygen atoms in total. The van der Waals surface area contributed by atoms with Crippen LogP contribution in [0.1, 0.15) is 38.5 Å². The minimum Gasteiger partial charge on any atom is -0.436 e. The maximum atomic E-state index is 11.7. The summed E-state index contributed by atoms with van der Waals surface area (Å²) in [5.74, 6) is -1.08. The molecule has 1 fully saturated rings. The van der Waals surface area contributed by atoms with Gasteiger partial charge in [-0.05, 0) is 77.3 Å². The average molecular weight is 613 g/mol. The maximum Gasteiger partial charge on any atom is 0.500 e. The van der Waals surface area contributed by atoms with Gasteiger partial charge in [0.15, 0.2) is 16.6 Å². The van der Waals surface area contributed by atoms with Crippen molar-refractivity contribution in [2.24, 2.45) is 5.92 Å². The van der Waals surface area contributed by atoms with Crippen molar-refractivity contribution in [1.29, 1.82) is 0 Å².